The lowest BCUT2D eigenvalue weighted by molar-refractivity contribution is 0.0600. The number of ether oxygens (including phenoxy) is 1. The van der Waals surface area contributed by atoms with Crippen LogP contribution in [0.5, 0.6) is 0 Å². The zero-order chi connectivity index (χ0) is 25.7. The second-order valence-corrected chi connectivity index (χ2v) is 10.5. The van der Waals surface area contributed by atoms with Crippen molar-refractivity contribution in [2.75, 3.05) is 26.7 Å². The molecule has 1 fully saturated rings. The summed E-state index contributed by atoms with van der Waals surface area (Å²) in [5, 5.41) is 1.31. The number of likely N-dealkylation sites (tertiary alicyclic amines) is 1. The Morgan fingerprint density at radius 2 is 1.72 bits per heavy atom. The Morgan fingerprint density at radius 3 is 2.36 bits per heavy atom. The van der Waals surface area contributed by atoms with E-state index in [1.807, 2.05) is 38.1 Å². The molecule has 3 aromatic rings. The van der Waals surface area contributed by atoms with E-state index in [0.29, 0.717) is 30.9 Å². The molecule has 0 saturated carbocycles. The number of hydrogen-bond acceptors (Lipinski definition) is 3. The number of esters is 1. The summed E-state index contributed by atoms with van der Waals surface area (Å²) in [5.41, 5.74) is 4.69. The van der Waals surface area contributed by atoms with Crippen molar-refractivity contribution in [2.45, 2.75) is 71.5 Å². The number of para-hydroxylation sites is 1. The van der Waals surface area contributed by atoms with Crippen LogP contribution in [0.15, 0.2) is 48.5 Å². The van der Waals surface area contributed by atoms with Crippen LogP contribution in [0.25, 0.3) is 10.9 Å². The third-order valence-corrected chi connectivity index (χ3v) is 8.36. The predicted octanol–water partition coefficient (Wildman–Crippen LogP) is 6.96. The Kier molecular flexibility index (Phi) is 8.50. The van der Waals surface area contributed by atoms with Gasteiger partial charge in [-0.25, -0.2) is 9.18 Å². The van der Waals surface area contributed by atoms with Gasteiger partial charge < -0.3 is 14.2 Å². The van der Waals surface area contributed by atoms with Crippen molar-refractivity contribution in [3.63, 3.8) is 0 Å². The van der Waals surface area contributed by atoms with E-state index >= 15 is 0 Å². The van der Waals surface area contributed by atoms with Crippen LogP contribution < -0.4 is 0 Å². The van der Waals surface area contributed by atoms with Gasteiger partial charge in [0, 0.05) is 29.7 Å². The standard InChI is InChI=1S/C31H41FN2O2/c1-5-31(32,6-2)22-33-18-15-24(16-19-33)17-20-34-23(3)28(27-9-7-8-10-29(27)34)21-25-11-13-26(14-12-25)30(35)36-4/h7-14,24H,5-6,15-22H2,1-4H3. The van der Waals surface area contributed by atoms with E-state index in [4.69, 9.17) is 4.74 Å². The highest BCUT2D eigenvalue weighted by Crippen LogP contribution is 2.31. The van der Waals surface area contributed by atoms with E-state index in [0.717, 1.165) is 45.3 Å². The Hall–Kier alpha value is -2.66. The second kappa shape index (κ2) is 11.6. The summed E-state index contributed by atoms with van der Waals surface area (Å²) in [6.07, 6.45) is 5.49. The minimum absolute atomic E-state index is 0.306. The van der Waals surface area contributed by atoms with Gasteiger partial charge in [-0.05, 0) is 93.8 Å². The largest absolute Gasteiger partial charge is 0.465 e. The van der Waals surface area contributed by atoms with Crippen LogP contribution in [0.1, 0.15) is 73.1 Å². The van der Waals surface area contributed by atoms with Crippen LogP contribution in [-0.4, -0.2) is 47.8 Å². The van der Waals surface area contributed by atoms with Gasteiger partial charge in [0.2, 0.25) is 0 Å². The molecule has 2 aromatic carbocycles. The van der Waals surface area contributed by atoms with Gasteiger partial charge in [0.25, 0.3) is 0 Å². The highest BCUT2D eigenvalue weighted by atomic mass is 19.1. The van der Waals surface area contributed by atoms with Crippen molar-refractivity contribution >= 4 is 16.9 Å². The number of halogens is 1. The van der Waals surface area contributed by atoms with Crippen molar-refractivity contribution in [2.24, 2.45) is 5.92 Å². The van der Waals surface area contributed by atoms with Crippen LogP contribution in [0, 0.1) is 12.8 Å². The normalized spacial score (nSPS) is 15.5. The molecule has 5 heteroatoms. The summed E-state index contributed by atoms with van der Waals surface area (Å²) in [4.78, 5) is 14.1. The van der Waals surface area contributed by atoms with Crippen LogP contribution in [0.2, 0.25) is 0 Å². The van der Waals surface area contributed by atoms with Gasteiger partial charge in [0.1, 0.15) is 5.67 Å². The molecule has 1 aliphatic rings. The zero-order valence-corrected chi connectivity index (χ0v) is 22.4. The van der Waals surface area contributed by atoms with E-state index in [1.165, 1.54) is 34.8 Å². The number of carbonyl (C=O) groups excluding carboxylic acids is 1. The number of rotatable bonds is 10. The van der Waals surface area contributed by atoms with Gasteiger partial charge in [-0.3, -0.25) is 0 Å². The summed E-state index contributed by atoms with van der Waals surface area (Å²) in [7, 11) is 1.41. The van der Waals surface area contributed by atoms with Gasteiger partial charge in [-0.15, -0.1) is 0 Å². The number of methoxy groups -OCH3 is 1. The third-order valence-electron chi connectivity index (χ3n) is 8.36. The van der Waals surface area contributed by atoms with Crippen molar-refractivity contribution in [1.29, 1.82) is 0 Å². The second-order valence-electron chi connectivity index (χ2n) is 10.5. The molecule has 1 saturated heterocycles. The lowest BCUT2D eigenvalue weighted by Crippen LogP contribution is -2.43. The van der Waals surface area contributed by atoms with Crippen molar-refractivity contribution in [1.82, 2.24) is 9.47 Å². The lowest BCUT2D eigenvalue weighted by atomic mass is 9.91. The number of aromatic nitrogens is 1. The maximum atomic E-state index is 14.9. The number of piperidine rings is 1. The monoisotopic (exact) mass is 492 g/mol. The first kappa shape index (κ1) is 26.4. The Morgan fingerprint density at radius 1 is 1.06 bits per heavy atom. The van der Waals surface area contributed by atoms with Crippen LogP contribution in [0.3, 0.4) is 0 Å². The molecule has 0 N–H and O–H groups in total. The Bertz CT molecular complexity index is 1160. The third kappa shape index (κ3) is 5.83. The highest BCUT2D eigenvalue weighted by molar-refractivity contribution is 5.89. The minimum Gasteiger partial charge on any atom is -0.465 e. The number of nitrogens with zero attached hydrogens (tertiary/aromatic N) is 2. The maximum Gasteiger partial charge on any atom is 0.337 e. The molecule has 0 radical (unpaired) electrons. The first-order chi connectivity index (χ1) is 17.4. The summed E-state index contributed by atoms with van der Waals surface area (Å²) in [6.45, 7) is 9.77. The van der Waals surface area contributed by atoms with Crippen molar-refractivity contribution in [3.05, 3.63) is 70.9 Å². The maximum absolute atomic E-state index is 14.9. The summed E-state index contributed by atoms with van der Waals surface area (Å²) in [6, 6.07) is 16.4. The number of carbonyl (C=O) groups is 1. The average Bonchev–Trinajstić information content (AvgIpc) is 3.18. The smallest absolute Gasteiger partial charge is 0.337 e. The van der Waals surface area contributed by atoms with E-state index in [-0.39, 0.29) is 5.97 Å². The molecule has 0 unspecified atom stereocenters. The average molecular weight is 493 g/mol. The van der Waals surface area contributed by atoms with Crippen LogP contribution >= 0.6 is 0 Å². The van der Waals surface area contributed by atoms with Crippen molar-refractivity contribution < 1.29 is 13.9 Å². The molecule has 4 rings (SSSR count). The van der Waals surface area contributed by atoms with Crippen LogP contribution in [0.4, 0.5) is 4.39 Å². The van der Waals surface area contributed by atoms with Gasteiger partial charge in [0.05, 0.1) is 12.7 Å². The quantitative estimate of drug-likeness (QED) is 0.287. The number of fused-ring (bicyclic) bond motifs is 1. The fourth-order valence-corrected chi connectivity index (χ4v) is 5.71. The van der Waals surface area contributed by atoms with E-state index in [9.17, 15) is 9.18 Å². The molecule has 0 amide bonds. The molecular weight excluding hydrogens is 451 g/mol. The molecule has 1 aliphatic heterocycles. The van der Waals surface area contributed by atoms with Crippen LogP contribution in [-0.2, 0) is 17.7 Å². The van der Waals surface area contributed by atoms with Gasteiger partial charge in [-0.2, -0.15) is 0 Å². The minimum atomic E-state index is -1.04. The molecule has 4 nitrogen and oxygen atoms in total. The summed E-state index contributed by atoms with van der Waals surface area (Å²) in [5.74, 6) is 0.383. The molecule has 0 atom stereocenters. The molecule has 2 heterocycles. The number of aryl methyl sites for hydroxylation is 1. The Labute approximate surface area is 215 Å². The molecular formula is C31H41FN2O2. The fourth-order valence-electron chi connectivity index (χ4n) is 5.71. The van der Waals surface area contributed by atoms with E-state index < -0.39 is 5.67 Å². The SMILES string of the molecule is CCC(F)(CC)CN1CCC(CCn2c(C)c(Cc3ccc(C(=O)OC)cc3)c3ccccc32)CC1. The van der Waals surface area contributed by atoms with E-state index in [1.54, 1.807) is 0 Å². The fraction of sp³-hybridized carbons (Fsp3) is 0.516. The zero-order valence-electron chi connectivity index (χ0n) is 22.4. The number of benzene rings is 2. The van der Waals surface area contributed by atoms with Gasteiger partial charge >= 0.3 is 5.97 Å². The number of hydrogen-bond donors (Lipinski definition) is 0. The molecule has 0 spiro atoms. The Balaban J connectivity index is 1.43. The first-order valence-electron chi connectivity index (χ1n) is 13.5. The van der Waals surface area contributed by atoms with Gasteiger partial charge in [0.15, 0.2) is 0 Å². The van der Waals surface area contributed by atoms with E-state index in [2.05, 4.69) is 40.7 Å². The molecule has 0 bridgehead atoms. The van der Waals surface area contributed by atoms with Gasteiger partial charge in [-0.1, -0.05) is 44.2 Å². The summed E-state index contributed by atoms with van der Waals surface area (Å²) >= 11 is 0. The molecule has 194 valence electrons. The first-order valence-corrected chi connectivity index (χ1v) is 13.5. The number of alkyl halides is 1. The summed E-state index contributed by atoms with van der Waals surface area (Å²) < 4.78 is 22.2. The van der Waals surface area contributed by atoms with Crippen molar-refractivity contribution in [3.8, 4) is 0 Å². The predicted molar refractivity (Wildman–Crippen MR) is 145 cm³/mol. The molecule has 1 aromatic heterocycles. The topological polar surface area (TPSA) is 34.5 Å². The lowest BCUT2D eigenvalue weighted by Gasteiger charge is -2.36. The molecule has 36 heavy (non-hydrogen) atoms. The highest BCUT2D eigenvalue weighted by Gasteiger charge is 2.30. The molecule has 0 aliphatic carbocycles.